The third-order valence-electron chi connectivity index (χ3n) is 2.24. The van der Waals surface area contributed by atoms with E-state index in [1.54, 1.807) is 0 Å². The molecule has 0 heterocycles. The summed E-state index contributed by atoms with van der Waals surface area (Å²) in [7, 11) is 3.95. The molecular formula is C12H19N3O. The fourth-order valence-corrected chi connectivity index (χ4v) is 1.27. The summed E-state index contributed by atoms with van der Waals surface area (Å²) in [5.41, 5.74) is 1.91. The second-order valence-corrected chi connectivity index (χ2v) is 4.00. The molecule has 0 radical (unpaired) electrons. The number of amides is 2. The predicted octanol–water partition coefficient (Wildman–Crippen LogP) is 1.68. The Labute approximate surface area is 96.6 Å². The molecule has 0 aliphatic heterocycles. The van der Waals surface area contributed by atoms with Crippen molar-refractivity contribution in [1.29, 1.82) is 0 Å². The van der Waals surface area contributed by atoms with Crippen molar-refractivity contribution >= 4 is 11.7 Å². The molecule has 0 aliphatic rings. The molecule has 0 spiro atoms. The highest BCUT2D eigenvalue weighted by Crippen LogP contribution is 2.12. The standard InChI is InChI=1S/C12H19N3O/c1-10-6-4-5-7-11(10)14-12(16)13-8-9-15(2)3/h4-7H,8-9H2,1-3H3,(H2,13,14,16). The third kappa shape index (κ3) is 4.31. The van der Waals surface area contributed by atoms with Crippen LogP contribution in [0.2, 0.25) is 0 Å². The van der Waals surface area contributed by atoms with E-state index in [9.17, 15) is 4.79 Å². The topological polar surface area (TPSA) is 44.4 Å². The van der Waals surface area contributed by atoms with Gasteiger partial charge in [-0.05, 0) is 32.6 Å². The summed E-state index contributed by atoms with van der Waals surface area (Å²) < 4.78 is 0. The molecule has 0 atom stereocenters. The highest BCUT2D eigenvalue weighted by atomic mass is 16.2. The number of anilines is 1. The molecule has 0 saturated carbocycles. The van der Waals surface area contributed by atoms with Gasteiger partial charge in [0.05, 0.1) is 0 Å². The fourth-order valence-electron chi connectivity index (χ4n) is 1.27. The molecule has 0 saturated heterocycles. The van der Waals surface area contributed by atoms with Crippen molar-refractivity contribution in [1.82, 2.24) is 10.2 Å². The molecule has 0 aromatic heterocycles. The van der Waals surface area contributed by atoms with Crippen LogP contribution in [0.15, 0.2) is 24.3 Å². The Morgan fingerprint density at radius 3 is 2.62 bits per heavy atom. The molecule has 16 heavy (non-hydrogen) atoms. The smallest absolute Gasteiger partial charge is 0.319 e. The Morgan fingerprint density at radius 2 is 2.00 bits per heavy atom. The number of benzene rings is 1. The second kappa shape index (κ2) is 6.12. The van der Waals surface area contributed by atoms with Gasteiger partial charge in [-0.2, -0.15) is 0 Å². The van der Waals surface area contributed by atoms with Crippen LogP contribution in [0, 0.1) is 6.92 Å². The second-order valence-electron chi connectivity index (χ2n) is 4.00. The van der Waals surface area contributed by atoms with E-state index in [1.165, 1.54) is 0 Å². The first-order valence-corrected chi connectivity index (χ1v) is 5.35. The maximum absolute atomic E-state index is 11.5. The van der Waals surface area contributed by atoms with Crippen molar-refractivity contribution in [2.45, 2.75) is 6.92 Å². The summed E-state index contributed by atoms with van der Waals surface area (Å²) in [6.07, 6.45) is 0. The van der Waals surface area contributed by atoms with Gasteiger partial charge in [0.25, 0.3) is 0 Å². The number of nitrogens with one attached hydrogen (secondary N) is 2. The van der Waals surface area contributed by atoms with Crippen molar-refractivity contribution < 1.29 is 4.79 Å². The predicted molar refractivity (Wildman–Crippen MR) is 66.8 cm³/mol. The highest BCUT2D eigenvalue weighted by molar-refractivity contribution is 5.89. The van der Waals surface area contributed by atoms with Gasteiger partial charge in [-0.1, -0.05) is 18.2 Å². The number of rotatable bonds is 4. The van der Waals surface area contributed by atoms with Crippen LogP contribution in [0.5, 0.6) is 0 Å². The number of likely N-dealkylation sites (N-methyl/N-ethyl adjacent to an activating group) is 1. The van der Waals surface area contributed by atoms with Crippen molar-refractivity contribution in [3.63, 3.8) is 0 Å². The third-order valence-corrected chi connectivity index (χ3v) is 2.24. The summed E-state index contributed by atoms with van der Waals surface area (Å²) in [5, 5.41) is 5.61. The van der Waals surface area contributed by atoms with Gasteiger partial charge >= 0.3 is 6.03 Å². The Balaban J connectivity index is 2.37. The zero-order chi connectivity index (χ0) is 12.0. The van der Waals surface area contributed by atoms with Gasteiger partial charge in [-0.15, -0.1) is 0 Å². The lowest BCUT2D eigenvalue weighted by molar-refractivity contribution is 0.250. The summed E-state index contributed by atoms with van der Waals surface area (Å²) in [6, 6.07) is 7.56. The van der Waals surface area contributed by atoms with Crippen molar-refractivity contribution in [3.8, 4) is 0 Å². The van der Waals surface area contributed by atoms with Crippen LogP contribution in [0.3, 0.4) is 0 Å². The molecule has 2 N–H and O–H groups in total. The maximum atomic E-state index is 11.5. The van der Waals surface area contributed by atoms with Gasteiger partial charge in [0.2, 0.25) is 0 Å². The molecule has 0 unspecified atom stereocenters. The number of hydrogen-bond donors (Lipinski definition) is 2. The Morgan fingerprint density at radius 1 is 1.31 bits per heavy atom. The van der Waals surface area contributed by atoms with Gasteiger partial charge in [0, 0.05) is 18.8 Å². The average Bonchev–Trinajstić information content (AvgIpc) is 2.21. The lowest BCUT2D eigenvalue weighted by Gasteiger charge is -2.12. The lowest BCUT2D eigenvalue weighted by atomic mass is 10.2. The number of nitrogens with zero attached hydrogens (tertiary/aromatic N) is 1. The van der Waals surface area contributed by atoms with E-state index < -0.39 is 0 Å². The first-order valence-electron chi connectivity index (χ1n) is 5.35. The van der Waals surface area contributed by atoms with E-state index >= 15 is 0 Å². The van der Waals surface area contributed by atoms with E-state index in [2.05, 4.69) is 10.6 Å². The Hall–Kier alpha value is -1.55. The number of carbonyl (C=O) groups is 1. The molecule has 2 amide bonds. The van der Waals surface area contributed by atoms with E-state index in [0.717, 1.165) is 17.8 Å². The molecule has 0 bridgehead atoms. The first kappa shape index (κ1) is 12.5. The minimum atomic E-state index is -0.156. The average molecular weight is 221 g/mol. The SMILES string of the molecule is Cc1ccccc1NC(=O)NCCN(C)C. The summed E-state index contributed by atoms with van der Waals surface area (Å²) >= 11 is 0. The van der Waals surface area contributed by atoms with Gasteiger partial charge in [-0.3, -0.25) is 0 Å². The first-order chi connectivity index (χ1) is 7.59. The van der Waals surface area contributed by atoms with Crippen LogP contribution in [0.4, 0.5) is 10.5 Å². The molecule has 1 aromatic rings. The van der Waals surface area contributed by atoms with Gasteiger partial charge in [-0.25, -0.2) is 4.79 Å². The zero-order valence-electron chi connectivity index (χ0n) is 10.1. The van der Waals surface area contributed by atoms with E-state index in [1.807, 2.05) is 50.2 Å². The molecule has 4 nitrogen and oxygen atoms in total. The Kier molecular flexibility index (Phi) is 4.79. The number of hydrogen-bond acceptors (Lipinski definition) is 2. The van der Waals surface area contributed by atoms with E-state index in [-0.39, 0.29) is 6.03 Å². The van der Waals surface area contributed by atoms with Crippen LogP contribution in [-0.2, 0) is 0 Å². The minimum absolute atomic E-state index is 0.156. The summed E-state index contributed by atoms with van der Waals surface area (Å²) in [4.78, 5) is 13.5. The monoisotopic (exact) mass is 221 g/mol. The molecule has 0 aliphatic carbocycles. The fraction of sp³-hybridized carbons (Fsp3) is 0.417. The van der Waals surface area contributed by atoms with E-state index in [0.29, 0.717) is 6.54 Å². The summed E-state index contributed by atoms with van der Waals surface area (Å²) in [6.45, 7) is 3.45. The molecular weight excluding hydrogens is 202 g/mol. The van der Waals surface area contributed by atoms with Crippen LogP contribution in [-0.4, -0.2) is 38.1 Å². The summed E-state index contributed by atoms with van der Waals surface area (Å²) in [5.74, 6) is 0. The van der Waals surface area contributed by atoms with Crippen LogP contribution in [0.25, 0.3) is 0 Å². The Bertz CT molecular complexity index is 350. The highest BCUT2D eigenvalue weighted by Gasteiger charge is 2.02. The lowest BCUT2D eigenvalue weighted by Crippen LogP contribution is -2.34. The number of aryl methyl sites for hydroxylation is 1. The van der Waals surface area contributed by atoms with Crippen LogP contribution >= 0.6 is 0 Å². The van der Waals surface area contributed by atoms with Gasteiger partial charge in [0.15, 0.2) is 0 Å². The van der Waals surface area contributed by atoms with E-state index in [4.69, 9.17) is 0 Å². The molecule has 88 valence electrons. The van der Waals surface area contributed by atoms with Crippen LogP contribution in [0.1, 0.15) is 5.56 Å². The number of carbonyl (C=O) groups excluding carboxylic acids is 1. The van der Waals surface area contributed by atoms with Gasteiger partial charge < -0.3 is 15.5 Å². The quantitative estimate of drug-likeness (QED) is 0.812. The van der Waals surface area contributed by atoms with Crippen molar-refractivity contribution in [3.05, 3.63) is 29.8 Å². The maximum Gasteiger partial charge on any atom is 0.319 e. The van der Waals surface area contributed by atoms with Gasteiger partial charge in [0.1, 0.15) is 0 Å². The van der Waals surface area contributed by atoms with Crippen molar-refractivity contribution in [2.75, 3.05) is 32.5 Å². The normalized spacial score (nSPS) is 10.2. The number of urea groups is 1. The van der Waals surface area contributed by atoms with Crippen LogP contribution < -0.4 is 10.6 Å². The van der Waals surface area contributed by atoms with Crippen molar-refractivity contribution in [2.24, 2.45) is 0 Å². The molecule has 1 aromatic carbocycles. The minimum Gasteiger partial charge on any atom is -0.337 e. The molecule has 4 heteroatoms. The molecule has 0 fully saturated rings. The zero-order valence-corrected chi connectivity index (χ0v) is 10.1. The largest absolute Gasteiger partial charge is 0.337 e. The molecule has 1 rings (SSSR count). The number of para-hydroxylation sites is 1.